The molecular weight excluding hydrogens is 180 g/mol. The Balaban J connectivity index is 3.08. The minimum absolute atomic E-state index is 0.312. The highest BCUT2D eigenvalue weighted by atomic mass is 16.7. The second-order valence-corrected chi connectivity index (χ2v) is 2.53. The van der Waals surface area contributed by atoms with Crippen molar-refractivity contribution >= 4 is 5.91 Å². The van der Waals surface area contributed by atoms with E-state index in [1.54, 1.807) is 18.3 Å². The van der Waals surface area contributed by atoms with Gasteiger partial charge >= 0.3 is 0 Å². The average molecular weight is 190 g/mol. The van der Waals surface area contributed by atoms with Crippen LogP contribution < -0.4 is 0 Å². The molecule has 1 aromatic heterocycles. The van der Waals surface area contributed by atoms with Gasteiger partial charge in [-0.1, -0.05) is 0 Å². The zero-order valence-corrected chi connectivity index (χ0v) is 8.02. The van der Waals surface area contributed by atoms with Crippen LogP contribution >= 0.6 is 0 Å². The van der Waals surface area contributed by atoms with Crippen LogP contribution in [0.25, 0.3) is 0 Å². The molecule has 1 aromatic rings. The summed E-state index contributed by atoms with van der Waals surface area (Å²) in [6.45, 7) is 0. The molecule has 0 aliphatic carbocycles. The first-order valence-electron chi connectivity index (χ1n) is 3.94. The lowest BCUT2D eigenvalue weighted by molar-refractivity contribution is -0.0757. The van der Waals surface area contributed by atoms with Crippen LogP contribution in [0.15, 0.2) is 18.3 Å². The number of pyridine rings is 1. The first-order valence-corrected chi connectivity index (χ1v) is 3.94. The van der Waals surface area contributed by atoms with Crippen LogP contribution in [-0.2, 0) is 4.84 Å². The molecule has 1 heterocycles. The number of nitrogens with zero attached hydrogens (tertiary/aromatic N) is 2. The van der Waals surface area contributed by atoms with Gasteiger partial charge in [-0.2, -0.15) is 0 Å². The Morgan fingerprint density at radius 1 is 1.71 bits per heavy atom. The lowest BCUT2D eigenvalue weighted by Gasteiger charge is -2.13. The van der Waals surface area contributed by atoms with E-state index < -0.39 is 0 Å². The maximum Gasteiger partial charge on any atom is 0.280 e. The van der Waals surface area contributed by atoms with Crippen LogP contribution in [0.4, 0.5) is 0 Å². The van der Waals surface area contributed by atoms with Gasteiger partial charge in [-0.05, 0) is 18.1 Å². The van der Waals surface area contributed by atoms with E-state index in [0.29, 0.717) is 11.3 Å². The molecule has 0 saturated carbocycles. The topological polar surface area (TPSA) is 42.4 Å². The van der Waals surface area contributed by atoms with Crippen molar-refractivity contribution in [3.05, 3.63) is 29.6 Å². The molecule has 0 fully saturated rings. The van der Waals surface area contributed by atoms with Gasteiger partial charge < -0.3 is 0 Å². The van der Waals surface area contributed by atoms with Gasteiger partial charge in [0, 0.05) is 13.2 Å². The lowest BCUT2D eigenvalue weighted by Crippen LogP contribution is -2.26. The van der Waals surface area contributed by atoms with Crippen molar-refractivity contribution in [3.8, 4) is 12.3 Å². The third-order valence-electron chi connectivity index (χ3n) is 1.73. The Bertz CT molecular complexity index is 382. The molecule has 4 nitrogen and oxygen atoms in total. The van der Waals surface area contributed by atoms with Gasteiger partial charge in [-0.15, -0.1) is 6.42 Å². The van der Waals surface area contributed by atoms with Crippen LogP contribution in [0.3, 0.4) is 0 Å². The number of hydrogen-bond acceptors (Lipinski definition) is 3. The average Bonchev–Trinajstić information content (AvgIpc) is 2.26. The molecule has 0 unspecified atom stereocenters. The standard InChI is InChI=1S/C10H10N2O2/c1-4-9-8(6-5-7-11-9)10(13)12(2)14-3/h1,5-7H,2-3H3. The zero-order chi connectivity index (χ0) is 10.6. The molecule has 0 radical (unpaired) electrons. The predicted molar refractivity (Wildman–Crippen MR) is 51.3 cm³/mol. The van der Waals surface area contributed by atoms with Crippen molar-refractivity contribution < 1.29 is 9.63 Å². The molecule has 4 heteroatoms. The predicted octanol–water partition coefficient (Wildman–Crippen LogP) is 0.696. The second kappa shape index (κ2) is 4.40. The summed E-state index contributed by atoms with van der Waals surface area (Å²) >= 11 is 0. The maximum absolute atomic E-state index is 11.6. The summed E-state index contributed by atoms with van der Waals surface area (Å²) in [6.07, 6.45) is 6.75. The fourth-order valence-corrected chi connectivity index (χ4v) is 0.945. The number of terminal acetylenes is 1. The van der Waals surface area contributed by atoms with E-state index in [2.05, 4.69) is 10.9 Å². The Morgan fingerprint density at radius 3 is 3.00 bits per heavy atom. The minimum atomic E-state index is -0.312. The summed E-state index contributed by atoms with van der Waals surface area (Å²) < 4.78 is 0. The van der Waals surface area contributed by atoms with Gasteiger partial charge in [0.2, 0.25) is 0 Å². The summed E-state index contributed by atoms with van der Waals surface area (Å²) in [5.74, 6) is 2.03. The van der Waals surface area contributed by atoms with E-state index in [9.17, 15) is 4.79 Å². The number of hydroxylamine groups is 2. The number of rotatable bonds is 2. The van der Waals surface area contributed by atoms with E-state index in [1.165, 1.54) is 14.2 Å². The molecule has 0 N–H and O–H groups in total. The molecule has 0 saturated heterocycles. The monoisotopic (exact) mass is 190 g/mol. The molecule has 0 bridgehead atoms. The quantitative estimate of drug-likeness (QED) is 0.509. The highest BCUT2D eigenvalue weighted by Gasteiger charge is 2.14. The maximum atomic E-state index is 11.6. The van der Waals surface area contributed by atoms with Gasteiger partial charge in [-0.25, -0.2) is 10.0 Å². The summed E-state index contributed by atoms with van der Waals surface area (Å²) in [4.78, 5) is 20.3. The molecule has 14 heavy (non-hydrogen) atoms. The molecule has 0 atom stereocenters. The van der Waals surface area contributed by atoms with Crippen LogP contribution in [0.1, 0.15) is 16.1 Å². The molecule has 0 aliphatic heterocycles. The number of carbonyl (C=O) groups excluding carboxylic acids is 1. The fraction of sp³-hybridized carbons (Fsp3) is 0.200. The van der Waals surface area contributed by atoms with Crippen molar-refractivity contribution in [1.29, 1.82) is 0 Å². The summed E-state index contributed by atoms with van der Waals surface area (Å²) in [5.41, 5.74) is 0.681. The van der Waals surface area contributed by atoms with Crippen molar-refractivity contribution in [2.45, 2.75) is 0 Å². The lowest BCUT2D eigenvalue weighted by atomic mass is 10.2. The van der Waals surface area contributed by atoms with E-state index in [0.717, 1.165) is 5.06 Å². The minimum Gasteiger partial charge on any atom is -0.274 e. The largest absolute Gasteiger partial charge is 0.280 e. The van der Waals surface area contributed by atoms with Gasteiger partial charge in [0.1, 0.15) is 5.69 Å². The van der Waals surface area contributed by atoms with Crippen molar-refractivity contribution in [1.82, 2.24) is 10.0 Å². The highest BCUT2D eigenvalue weighted by molar-refractivity contribution is 5.95. The number of aromatic nitrogens is 1. The second-order valence-electron chi connectivity index (χ2n) is 2.53. The first-order chi connectivity index (χ1) is 6.70. The number of hydrogen-bond donors (Lipinski definition) is 0. The smallest absolute Gasteiger partial charge is 0.274 e. The Kier molecular flexibility index (Phi) is 3.21. The molecule has 72 valence electrons. The molecule has 0 spiro atoms. The third-order valence-corrected chi connectivity index (χ3v) is 1.73. The molecule has 1 rings (SSSR count). The highest BCUT2D eigenvalue weighted by Crippen LogP contribution is 2.06. The van der Waals surface area contributed by atoms with Crippen molar-refractivity contribution in [2.75, 3.05) is 14.2 Å². The SMILES string of the molecule is C#Cc1ncccc1C(=O)N(C)OC. The normalized spacial score (nSPS) is 9.21. The molecule has 0 aliphatic rings. The molecular formula is C10H10N2O2. The number of amides is 1. The van der Waals surface area contributed by atoms with Crippen molar-refractivity contribution in [2.24, 2.45) is 0 Å². The van der Waals surface area contributed by atoms with Crippen molar-refractivity contribution in [3.63, 3.8) is 0 Å². The Labute approximate surface area is 82.5 Å². The van der Waals surface area contributed by atoms with Crippen LogP contribution in [-0.4, -0.2) is 30.1 Å². The van der Waals surface area contributed by atoms with E-state index in [1.807, 2.05) is 0 Å². The fourth-order valence-electron chi connectivity index (χ4n) is 0.945. The summed E-state index contributed by atoms with van der Waals surface area (Å²) in [6, 6.07) is 3.26. The van der Waals surface area contributed by atoms with E-state index >= 15 is 0 Å². The van der Waals surface area contributed by atoms with Crippen LogP contribution in [0, 0.1) is 12.3 Å². The van der Waals surface area contributed by atoms with Gasteiger partial charge in [0.25, 0.3) is 5.91 Å². The molecule has 1 amide bonds. The third kappa shape index (κ3) is 1.90. The van der Waals surface area contributed by atoms with Gasteiger partial charge in [0.05, 0.1) is 12.7 Å². The summed E-state index contributed by atoms with van der Waals surface area (Å²) in [7, 11) is 2.92. The molecule has 0 aromatic carbocycles. The van der Waals surface area contributed by atoms with Gasteiger partial charge in [0.15, 0.2) is 0 Å². The Hall–Kier alpha value is -1.86. The van der Waals surface area contributed by atoms with Gasteiger partial charge in [-0.3, -0.25) is 9.63 Å². The zero-order valence-electron chi connectivity index (χ0n) is 8.02. The first kappa shape index (κ1) is 10.2. The van der Waals surface area contributed by atoms with E-state index in [-0.39, 0.29) is 5.91 Å². The number of carbonyl (C=O) groups is 1. The van der Waals surface area contributed by atoms with Crippen LogP contribution in [0.5, 0.6) is 0 Å². The summed E-state index contributed by atoms with van der Waals surface area (Å²) in [5, 5.41) is 1.10. The van der Waals surface area contributed by atoms with E-state index in [4.69, 9.17) is 11.3 Å². The van der Waals surface area contributed by atoms with Crippen LogP contribution in [0.2, 0.25) is 0 Å². The Morgan fingerprint density at radius 2 is 2.43 bits per heavy atom.